The first-order valence-corrected chi connectivity index (χ1v) is 10.9. The topological polar surface area (TPSA) is 40.6 Å². The van der Waals surface area contributed by atoms with Crippen LogP contribution in [0, 0.1) is 0 Å². The second-order valence-electron chi connectivity index (χ2n) is 6.75. The maximum absolute atomic E-state index is 12.7. The molecule has 2 aliphatic rings. The van der Waals surface area contributed by atoms with Gasteiger partial charge in [-0.05, 0) is 37.0 Å². The zero-order chi connectivity index (χ0) is 19.2. The molecule has 2 heterocycles. The van der Waals surface area contributed by atoms with E-state index in [1.54, 1.807) is 17.0 Å². The first-order valence-electron chi connectivity index (χ1n) is 9.34. The van der Waals surface area contributed by atoms with Gasteiger partial charge in [0.1, 0.15) is 4.32 Å². The minimum Gasteiger partial charge on any atom is -0.343 e. The van der Waals surface area contributed by atoms with Crippen LogP contribution in [0.3, 0.4) is 0 Å². The molecule has 27 heavy (non-hydrogen) atoms. The van der Waals surface area contributed by atoms with E-state index in [1.165, 1.54) is 24.6 Å². The zero-order valence-electron chi connectivity index (χ0n) is 15.2. The molecule has 0 saturated carbocycles. The van der Waals surface area contributed by atoms with E-state index in [0.29, 0.717) is 33.6 Å². The molecule has 2 fully saturated rings. The number of thioether (sulfide) groups is 1. The van der Waals surface area contributed by atoms with Crippen molar-refractivity contribution < 1.29 is 9.59 Å². The molecule has 0 atom stereocenters. The minimum atomic E-state index is -0.104. The summed E-state index contributed by atoms with van der Waals surface area (Å²) in [5.74, 6) is 0.0843. The summed E-state index contributed by atoms with van der Waals surface area (Å²) >= 11 is 12.8. The standard InChI is InChI=1S/C20H23ClN2O2S2/c21-16-9-4-3-8-15(16)14-17-19(25)23(20(26)27-17)13-7-10-18(24)22-11-5-1-2-6-12-22/h3-4,8-9,14H,1-2,5-7,10-13H2/b17-14+. The molecule has 2 aliphatic heterocycles. The number of halogens is 1. The van der Waals surface area contributed by atoms with Gasteiger partial charge in [0, 0.05) is 31.1 Å². The van der Waals surface area contributed by atoms with E-state index in [2.05, 4.69) is 0 Å². The van der Waals surface area contributed by atoms with Crippen molar-refractivity contribution in [1.82, 2.24) is 9.80 Å². The van der Waals surface area contributed by atoms with Crippen LogP contribution >= 0.6 is 35.6 Å². The summed E-state index contributed by atoms with van der Waals surface area (Å²) in [4.78, 5) is 29.2. The number of carbonyl (C=O) groups excluding carboxylic acids is 2. The molecule has 0 spiro atoms. The molecule has 0 radical (unpaired) electrons. The van der Waals surface area contributed by atoms with Crippen molar-refractivity contribution in [3.63, 3.8) is 0 Å². The third kappa shape index (κ3) is 5.33. The molecule has 0 aliphatic carbocycles. The Morgan fingerprint density at radius 3 is 2.59 bits per heavy atom. The Morgan fingerprint density at radius 2 is 1.89 bits per heavy atom. The van der Waals surface area contributed by atoms with Crippen molar-refractivity contribution in [3.05, 3.63) is 39.8 Å². The van der Waals surface area contributed by atoms with E-state index in [-0.39, 0.29) is 11.8 Å². The summed E-state index contributed by atoms with van der Waals surface area (Å²) in [6.45, 7) is 2.20. The Balaban J connectivity index is 1.55. The monoisotopic (exact) mass is 422 g/mol. The van der Waals surface area contributed by atoms with Crippen LogP contribution in [-0.4, -0.2) is 45.6 Å². The van der Waals surface area contributed by atoms with Gasteiger partial charge in [0.15, 0.2) is 0 Å². The molecular weight excluding hydrogens is 400 g/mol. The van der Waals surface area contributed by atoms with Crippen molar-refractivity contribution in [2.45, 2.75) is 38.5 Å². The summed E-state index contributed by atoms with van der Waals surface area (Å²) < 4.78 is 0.542. The van der Waals surface area contributed by atoms with Crippen molar-refractivity contribution in [3.8, 4) is 0 Å². The van der Waals surface area contributed by atoms with Crippen LogP contribution in [0.5, 0.6) is 0 Å². The van der Waals surface area contributed by atoms with Gasteiger partial charge in [0.05, 0.1) is 4.91 Å². The van der Waals surface area contributed by atoms with E-state index in [0.717, 1.165) is 31.5 Å². The molecule has 3 rings (SSSR count). The lowest BCUT2D eigenvalue weighted by atomic mass is 10.2. The van der Waals surface area contributed by atoms with Gasteiger partial charge in [-0.25, -0.2) is 0 Å². The SMILES string of the molecule is O=C(CCCN1C(=O)/C(=C\c2ccccc2Cl)SC1=S)N1CCCCCC1. The number of hydrogen-bond acceptors (Lipinski definition) is 4. The van der Waals surface area contributed by atoms with E-state index in [9.17, 15) is 9.59 Å². The van der Waals surface area contributed by atoms with Crippen LogP contribution in [0.4, 0.5) is 0 Å². The number of nitrogens with zero attached hydrogens (tertiary/aromatic N) is 2. The van der Waals surface area contributed by atoms with Crippen LogP contribution < -0.4 is 0 Å². The molecule has 1 aromatic rings. The van der Waals surface area contributed by atoms with Crippen LogP contribution in [0.1, 0.15) is 44.1 Å². The van der Waals surface area contributed by atoms with E-state index in [1.807, 2.05) is 23.1 Å². The third-order valence-corrected chi connectivity index (χ3v) is 6.52. The average molecular weight is 423 g/mol. The minimum absolute atomic E-state index is 0.104. The summed E-state index contributed by atoms with van der Waals surface area (Å²) in [7, 11) is 0. The Bertz CT molecular complexity index is 758. The van der Waals surface area contributed by atoms with Crippen molar-refractivity contribution in [2.24, 2.45) is 0 Å². The summed E-state index contributed by atoms with van der Waals surface area (Å²) in [6.07, 6.45) is 7.46. The van der Waals surface area contributed by atoms with Crippen molar-refractivity contribution in [1.29, 1.82) is 0 Å². The third-order valence-electron chi connectivity index (χ3n) is 4.80. The van der Waals surface area contributed by atoms with Gasteiger partial charge in [-0.15, -0.1) is 0 Å². The zero-order valence-corrected chi connectivity index (χ0v) is 17.5. The Labute approximate surface area is 174 Å². The second-order valence-corrected chi connectivity index (χ2v) is 8.84. The Hall–Kier alpha value is -1.37. The summed E-state index contributed by atoms with van der Waals surface area (Å²) in [6, 6.07) is 7.40. The molecule has 4 nitrogen and oxygen atoms in total. The van der Waals surface area contributed by atoms with Crippen LogP contribution in [0.15, 0.2) is 29.2 Å². The van der Waals surface area contributed by atoms with Crippen LogP contribution in [0.2, 0.25) is 5.02 Å². The molecule has 2 amide bonds. The van der Waals surface area contributed by atoms with Gasteiger partial charge in [-0.3, -0.25) is 14.5 Å². The Morgan fingerprint density at radius 1 is 1.19 bits per heavy atom. The summed E-state index contributed by atoms with van der Waals surface area (Å²) in [5.41, 5.74) is 0.802. The predicted octanol–water partition coefficient (Wildman–Crippen LogP) is 4.72. The average Bonchev–Trinajstić information content (AvgIpc) is 2.86. The summed E-state index contributed by atoms with van der Waals surface area (Å²) in [5, 5.41) is 0.603. The molecule has 2 saturated heterocycles. The fraction of sp³-hybridized carbons (Fsp3) is 0.450. The van der Waals surface area contributed by atoms with Crippen molar-refractivity contribution >= 4 is 57.8 Å². The van der Waals surface area contributed by atoms with E-state index in [4.69, 9.17) is 23.8 Å². The number of likely N-dealkylation sites (tertiary alicyclic amines) is 1. The number of benzene rings is 1. The first-order chi connectivity index (χ1) is 13.1. The second kappa shape index (κ2) is 9.71. The number of thiocarbonyl (C=S) groups is 1. The lowest BCUT2D eigenvalue weighted by molar-refractivity contribution is -0.131. The molecule has 0 unspecified atom stereocenters. The fourth-order valence-electron chi connectivity index (χ4n) is 3.29. The number of hydrogen-bond donors (Lipinski definition) is 0. The smallest absolute Gasteiger partial charge is 0.266 e. The molecule has 0 N–H and O–H groups in total. The first kappa shape index (κ1) is 20.4. The largest absolute Gasteiger partial charge is 0.343 e. The molecule has 7 heteroatoms. The number of rotatable bonds is 5. The van der Waals surface area contributed by atoms with Gasteiger partial charge in [-0.2, -0.15) is 0 Å². The van der Waals surface area contributed by atoms with E-state index >= 15 is 0 Å². The highest BCUT2D eigenvalue weighted by molar-refractivity contribution is 8.26. The van der Waals surface area contributed by atoms with Crippen LogP contribution in [-0.2, 0) is 9.59 Å². The van der Waals surface area contributed by atoms with Crippen LogP contribution in [0.25, 0.3) is 6.08 Å². The quantitative estimate of drug-likeness (QED) is 0.508. The van der Waals surface area contributed by atoms with Gasteiger partial charge < -0.3 is 4.90 Å². The van der Waals surface area contributed by atoms with Gasteiger partial charge in [0.25, 0.3) is 5.91 Å². The number of carbonyl (C=O) groups is 2. The highest BCUT2D eigenvalue weighted by Crippen LogP contribution is 2.33. The highest BCUT2D eigenvalue weighted by atomic mass is 35.5. The van der Waals surface area contributed by atoms with Crippen molar-refractivity contribution in [2.75, 3.05) is 19.6 Å². The molecule has 144 valence electrons. The molecule has 0 aromatic heterocycles. The normalized spacial score (nSPS) is 19.7. The lowest BCUT2D eigenvalue weighted by Crippen LogP contribution is -2.33. The molecular formula is C20H23ClN2O2S2. The predicted molar refractivity (Wildman–Crippen MR) is 116 cm³/mol. The number of amides is 2. The maximum atomic E-state index is 12.7. The van der Waals surface area contributed by atoms with E-state index < -0.39 is 0 Å². The maximum Gasteiger partial charge on any atom is 0.266 e. The van der Waals surface area contributed by atoms with Gasteiger partial charge in [0.2, 0.25) is 5.91 Å². The van der Waals surface area contributed by atoms with Gasteiger partial charge in [-0.1, -0.05) is 66.6 Å². The lowest BCUT2D eigenvalue weighted by Gasteiger charge is -2.21. The Kier molecular flexibility index (Phi) is 7.33. The molecule has 1 aromatic carbocycles. The highest BCUT2D eigenvalue weighted by Gasteiger charge is 2.31. The fourth-order valence-corrected chi connectivity index (χ4v) is 4.78. The molecule has 0 bridgehead atoms. The van der Waals surface area contributed by atoms with Gasteiger partial charge >= 0.3 is 0 Å².